The fourth-order valence-electron chi connectivity index (χ4n) is 4.30. The van der Waals surface area contributed by atoms with Crippen molar-refractivity contribution in [2.45, 2.75) is 39.3 Å². The number of ether oxygens (including phenoxy) is 1. The first-order valence-electron chi connectivity index (χ1n) is 11.4. The van der Waals surface area contributed by atoms with Gasteiger partial charge in [0.1, 0.15) is 5.75 Å². The number of aromatic nitrogens is 3. The molecule has 2 aromatic carbocycles. The highest BCUT2D eigenvalue weighted by atomic mass is 32.1. The molecule has 1 aliphatic rings. The molecule has 8 heteroatoms. The number of hydrogen-bond donors (Lipinski definition) is 2. The molecule has 2 heterocycles. The number of amides is 1. The van der Waals surface area contributed by atoms with Crippen molar-refractivity contribution in [1.29, 1.82) is 0 Å². The van der Waals surface area contributed by atoms with Crippen molar-refractivity contribution < 1.29 is 9.53 Å². The number of carbonyl (C=O) groups excluding carboxylic acids is 1. The Labute approximate surface area is 199 Å². The van der Waals surface area contributed by atoms with Crippen LogP contribution in [-0.2, 0) is 17.9 Å². The Morgan fingerprint density at radius 3 is 2.67 bits per heavy atom. The van der Waals surface area contributed by atoms with Crippen molar-refractivity contribution >= 4 is 23.8 Å². The zero-order valence-corrected chi connectivity index (χ0v) is 20.0. The molecule has 174 valence electrons. The molecule has 3 aromatic rings. The van der Waals surface area contributed by atoms with Crippen LogP contribution in [0.4, 0.5) is 5.69 Å². The maximum absolute atomic E-state index is 12.6. The van der Waals surface area contributed by atoms with Crippen LogP contribution in [0.5, 0.6) is 5.75 Å². The standard InChI is InChI=1S/C25H31N5O2S/c1-18-4-3-14-29(16-18)17-19-5-9-21(10-6-19)26-23(31)13-15-30-24(27-28-25(30)33)20-7-11-22(32-2)12-8-20/h5-12,18H,3-4,13-17H2,1-2H3,(H,26,31)(H,28,33). The summed E-state index contributed by atoms with van der Waals surface area (Å²) in [6, 6.07) is 15.8. The zero-order valence-electron chi connectivity index (χ0n) is 19.2. The molecule has 1 atom stereocenters. The number of methoxy groups -OCH3 is 1. The van der Waals surface area contributed by atoms with Crippen molar-refractivity contribution in [2.75, 3.05) is 25.5 Å². The van der Waals surface area contributed by atoms with Gasteiger partial charge in [-0.05, 0) is 79.5 Å². The first kappa shape index (κ1) is 23.2. The van der Waals surface area contributed by atoms with E-state index in [-0.39, 0.29) is 5.91 Å². The van der Waals surface area contributed by atoms with Crippen LogP contribution in [0.15, 0.2) is 48.5 Å². The summed E-state index contributed by atoms with van der Waals surface area (Å²) >= 11 is 5.38. The maximum atomic E-state index is 12.6. The normalized spacial score (nSPS) is 16.5. The van der Waals surface area contributed by atoms with E-state index in [0.717, 1.165) is 42.6 Å². The number of aromatic amines is 1. The molecule has 2 N–H and O–H groups in total. The van der Waals surface area contributed by atoms with Crippen LogP contribution in [0.25, 0.3) is 11.4 Å². The highest BCUT2D eigenvalue weighted by Gasteiger charge is 2.16. The summed E-state index contributed by atoms with van der Waals surface area (Å²) in [6.07, 6.45) is 2.90. The Morgan fingerprint density at radius 2 is 1.97 bits per heavy atom. The molecule has 0 bridgehead atoms. The van der Waals surface area contributed by atoms with Crippen molar-refractivity contribution in [2.24, 2.45) is 5.92 Å². The third kappa shape index (κ3) is 6.09. The van der Waals surface area contributed by atoms with Crippen molar-refractivity contribution in [3.05, 3.63) is 58.9 Å². The van der Waals surface area contributed by atoms with E-state index >= 15 is 0 Å². The molecular formula is C25H31N5O2S. The van der Waals surface area contributed by atoms with E-state index in [2.05, 4.69) is 39.5 Å². The maximum Gasteiger partial charge on any atom is 0.226 e. The number of carbonyl (C=O) groups is 1. The molecule has 1 aliphatic heterocycles. The predicted molar refractivity (Wildman–Crippen MR) is 133 cm³/mol. The lowest BCUT2D eigenvalue weighted by atomic mass is 10.00. The molecule has 7 nitrogen and oxygen atoms in total. The third-order valence-corrected chi connectivity index (χ3v) is 6.37. The number of hydrogen-bond acceptors (Lipinski definition) is 5. The lowest BCUT2D eigenvalue weighted by molar-refractivity contribution is -0.116. The van der Waals surface area contributed by atoms with Crippen LogP contribution in [-0.4, -0.2) is 45.8 Å². The number of nitrogens with one attached hydrogen (secondary N) is 2. The molecule has 0 spiro atoms. The number of nitrogens with zero attached hydrogens (tertiary/aromatic N) is 3. The highest BCUT2D eigenvalue weighted by molar-refractivity contribution is 7.71. The monoisotopic (exact) mass is 465 g/mol. The number of H-pyrrole nitrogens is 1. The third-order valence-electron chi connectivity index (χ3n) is 6.05. The van der Waals surface area contributed by atoms with Crippen LogP contribution >= 0.6 is 12.2 Å². The Balaban J connectivity index is 1.32. The van der Waals surface area contributed by atoms with E-state index in [4.69, 9.17) is 17.0 Å². The molecule has 0 aliphatic carbocycles. The van der Waals surface area contributed by atoms with Crippen LogP contribution in [0.3, 0.4) is 0 Å². The number of benzene rings is 2. The first-order valence-corrected chi connectivity index (χ1v) is 11.8. The molecule has 1 fully saturated rings. The zero-order chi connectivity index (χ0) is 23.2. The molecule has 1 aromatic heterocycles. The molecule has 0 saturated carbocycles. The highest BCUT2D eigenvalue weighted by Crippen LogP contribution is 2.22. The summed E-state index contributed by atoms with van der Waals surface area (Å²) < 4.78 is 7.55. The predicted octanol–water partition coefficient (Wildman–Crippen LogP) is 4.88. The van der Waals surface area contributed by atoms with Crippen LogP contribution in [0, 0.1) is 10.7 Å². The minimum absolute atomic E-state index is 0.0589. The van der Waals surface area contributed by atoms with Gasteiger partial charge in [0, 0.05) is 37.3 Å². The van der Waals surface area contributed by atoms with Gasteiger partial charge in [0.2, 0.25) is 5.91 Å². The second-order valence-corrected chi connectivity index (χ2v) is 9.10. The first-order chi connectivity index (χ1) is 16.0. The van der Waals surface area contributed by atoms with Crippen molar-refractivity contribution in [3.63, 3.8) is 0 Å². The Morgan fingerprint density at radius 1 is 1.21 bits per heavy atom. The van der Waals surface area contributed by atoms with E-state index in [9.17, 15) is 4.79 Å². The Kier molecular flexibility index (Phi) is 7.57. The minimum Gasteiger partial charge on any atom is -0.497 e. The Hall–Kier alpha value is -2.97. The van der Waals surface area contributed by atoms with Crippen LogP contribution in [0.1, 0.15) is 31.7 Å². The van der Waals surface area contributed by atoms with Gasteiger partial charge in [-0.2, -0.15) is 5.10 Å². The summed E-state index contributed by atoms with van der Waals surface area (Å²) in [4.78, 5) is 15.1. The molecule has 0 radical (unpaired) electrons. The number of anilines is 1. The number of likely N-dealkylation sites (tertiary alicyclic amines) is 1. The van der Waals surface area contributed by atoms with Gasteiger partial charge < -0.3 is 10.1 Å². The average Bonchev–Trinajstić information content (AvgIpc) is 3.19. The second-order valence-electron chi connectivity index (χ2n) is 8.71. The van der Waals surface area contributed by atoms with Crippen molar-refractivity contribution in [3.8, 4) is 17.1 Å². The van der Waals surface area contributed by atoms with Gasteiger partial charge >= 0.3 is 0 Å². The van der Waals surface area contributed by atoms with E-state index < -0.39 is 0 Å². The lowest BCUT2D eigenvalue weighted by Crippen LogP contribution is -2.33. The summed E-state index contributed by atoms with van der Waals surface area (Å²) in [5.74, 6) is 2.19. The molecular weight excluding hydrogens is 434 g/mol. The largest absolute Gasteiger partial charge is 0.497 e. The topological polar surface area (TPSA) is 75.2 Å². The molecule has 4 rings (SSSR count). The summed E-state index contributed by atoms with van der Waals surface area (Å²) in [6.45, 7) is 6.05. The van der Waals surface area contributed by atoms with E-state index in [1.54, 1.807) is 7.11 Å². The summed E-state index contributed by atoms with van der Waals surface area (Å²) in [7, 11) is 1.63. The minimum atomic E-state index is -0.0589. The molecule has 33 heavy (non-hydrogen) atoms. The molecule has 1 unspecified atom stereocenters. The fourth-order valence-corrected chi connectivity index (χ4v) is 4.53. The Bertz CT molecular complexity index is 1120. The van der Waals surface area contributed by atoms with Gasteiger partial charge in [0.25, 0.3) is 0 Å². The second kappa shape index (κ2) is 10.8. The van der Waals surface area contributed by atoms with Gasteiger partial charge in [-0.1, -0.05) is 19.1 Å². The van der Waals surface area contributed by atoms with Gasteiger partial charge in [-0.15, -0.1) is 0 Å². The van der Waals surface area contributed by atoms with E-state index in [1.807, 2.05) is 41.0 Å². The fraction of sp³-hybridized carbons (Fsp3) is 0.400. The van der Waals surface area contributed by atoms with Gasteiger partial charge in [0.15, 0.2) is 10.6 Å². The van der Waals surface area contributed by atoms with Crippen LogP contribution < -0.4 is 10.1 Å². The lowest BCUT2D eigenvalue weighted by Gasteiger charge is -2.30. The molecule has 1 amide bonds. The summed E-state index contributed by atoms with van der Waals surface area (Å²) in [5, 5.41) is 10.2. The van der Waals surface area contributed by atoms with Gasteiger partial charge in [-0.25, -0.2) is 0 Å². The summed E-state index contributed by atoms with van der Waals surface area (Å²) in [5.41, 5.74) is 2.99. The smallest absolute Gasteiger partial charge is 0.226 e. The number of piperidine rings is 1. The average molecular weight is 466 g/mol. The molecule has 1 saturated heterocycles. The van der Waals surface area contributed by atoms with Gasteiger partial charge in [0.05, 0.1) is 7.11 Å². The van der Waals surface area contributed by atoms with Gasteiger partial charge in [-0.3, -0.25) is 19.4 Å². The van der Waals surface area contributed by atoms with Crippen molar-refractivity contribution in [1.82, 2.24) is 19.7 Å². The SMILES string of the molecule is COc1ccc(-c2n[nH]c(=S)n2CCC(=O)Nc2ccc(CN3CCCC(C)C3)cc2)cc1. The quantitative estimate of drug-likeness (QED) is 0.464. The van der Waals surface area contributed by atoms with Crippen LogP contribution in [0.2, 0.25) is 0 Å². The van der Waals surface area contributed by atoms with E-state index in [0.29, 0.717) is 23.6 Å². The van der Waals surface area contributed by atoms with E-state index in [1.165, 1.54) is 18.4 Å². The number of rotatable bonds is 8.